The van der Waals surface area contributed by atoms with Gasteiger partial charge in [-0.3, -0.25) is 9.69 Å². The summed E-state index contributed by atoms with van der Waals surface area (Å²) in [6.45, 7) is 3.51. The van der Waals surface area contributed by atoms with Crippen molar-refractivity contribution >= 4 is 15.9 Å². The van der Waals surface area contributed by atoms with Crippen molar-refractivity contribution in [2.45, 2.75) is 24.6 Å². The summed E-state index contributed by atoms with van der Waals surface area (Å²) in [6, 6.07) is 8.75. The molecule has 0 unspecified atom stereocenters. The van der Waals surface area contributed by atoms with E-state index in [4.69, 9.17) is 4.74 Å². The molecule has 0 aromatic heterocycles. The van der Waals surface area contributed by atoms with Crippen molar-refractivity contribution in [2.24, 2.45) is 0 Å². The first-order valence-electron chi connectivity index (χ1n) is 7.95. The second kappa shape index (κ2) is 6.98. The third-order valence-electron chi connectivity index (χ3n) is 4.33. The van der Waals surface area contributed by atoms with E-state index in [1.54, 1.807) is 12.1 Å². The van der Waals surface area contributed by atoms with Crippen molar-refractivity contribution in [3.05, 3.63) is 35.9 Å². The van der Waals surface area contributed by atoms with Crippen LogP contribution in [0.25, 0.3) is 0 Å². The van der Waals surface area contributed by atoms with Crippen LogP contribution in [0.4, 0.5) is 0 Å². The minimum atomic E-state index is -3.64. The van der Waals surface area contributed by atoms with Gasteiger partial charge in [0.1, 0.15) is 0 Å². The van der Waals surface area contributed by atoms with Crippen LogP contribution in [0.15, 0.2) is 30.3 Å². The molecular formula is C16H22N2O4S. The summed E-state index contributed by atoms with van der Waals surface area (Å²) in [5, 5.41) is 0. The largest absolute Gasteiger partial charge is 0.379 e. The number of carbonyl (C=O) groups excluding carboxylic acids is 1. The lowest BCUT2D eigenvalue weighted by molar-refractivity contribution is -0.124. The number of carbonyl (C=O) groups is 1. The molecule has 0 spiro atoms. The number of benzene rings is 1. The van der Waals surface area contributed by atoms with Crippen LogP contribution >= 0.6 is 0 Å². The molecule has 0 saturated carbocycles. The molecule has 1 amide bonds. The Kier molecular flexibility index (Phi) is 4.99. The lowest BCUT2D eigenvalue weighted by Crippen LogP contribution is -2.48. The minimum absolute atomic E-state index is 0.126. The van der Waals surface area contributed by atoms with E-state index in [1.807, 2.05) is 18.2 Å². The van der Waals surface area contributed by atoms with Gasteiger partial charge in [0.2, 0.25) is 15.9 Å². The van der Waals surface area contributed by atoms with Gasteiger partial charge in [-0.15, -0.1) is 0 Å². The van der Waals surface area contributed by atoms with Gasteiger partial charge in [0.15, 0.2) is 0 Å². The third-order valence-corrected chi connectivity index (χ3v) is 6.13. The van der Waals surface area contributed by atoms with Gasteiger partial charge in [-0.1, -0.05) is 30.3 Å². The number of nitrogens with zero attached hydrogens (tertiary/aromatic N) is 2. The highest BCUT2D eigenvalue weighted by molar-refractivity contribution is 7.88. The number of hydrogen-bond acceptors (Lipinski definition) is 5. The quantitative estimate of drug-likeness (QED) is 0.796. The summed E-state index contributed by atoms with van der Waals surface area (Å²) in [5.41, 5.74) is 0.706. The Bertz CT molecular complexity index is 641. The average Bonchev–Trinajstić information content (AvgIpc) is 2.90. The van der Waals surface area contributed by atoms with Crippen LogP contribution in [0.1, 0.15) is 18.4 Å². The molecule has 2 aliphatic rings. The Morgan fingerprint density at radius 2 is 1.83 bits per heavy atom. The van der Waals surface area contributed by atoms with Crippen LogP contribution in [0.3, 0.4) is 0 Å². The van der Waals surface area contributed by atoms with E-state index < -0.39 is 10.0 Å². The molecule has 2 heterocycles. The standard InChI is InChI=1S/C16H22N2O4S/c19-16-7-6-15(12-17-8-10-22-11-9-17)18(16)23(20,21)13-14-4-2-1-3-5-14/h1-5,15H,6-13H2/t15-/m0/s1. The van der Waals surface area contributed by atoms with E-state index in [0.29, 0.717) is 38.2 Å². The molecule has 23 heavy (non-hydrogen) atoms. The smallest absolute Gasteiger partial charge is 0.241 e. The van der Waals surface area contributed by atoms with Crippen molar-refractivity contribution in [1.82, 2.24) is 9.21 Å². The normalized spacial score (nSPS) is 23.4. The van der Waals surface area contributed by atoms with E-state index in [-0.39, 0.29) is 17.7 Å². The Hall–Kier alpha value is -1.44. The van der Waals surface area contributed by atoms with Gasteiger partial charge in [-0.05, 0) is 12.0 Å². The minimum Gasteiger partial charge on any atom is -0.379 e. The lowest BCUT2D eigenvalue weighted by Gasteiger charge is -2.32. The average molecular weight is 338 g/mol. The predicted molar refractivity (Wildman–Crippen MR) is 86.2 cm³/mol. The van der Waals surface area contributed by atoms with E-state index >= 15 is 0 Å². The molecule has 2 aliphatic heterocycles. The van der Waals surface area contributed by atoms with Crippen molar-refractivity contribution in [1.29, 1.82) is 0 Å². The molecule has 1 aromatic rings. The second-order valence-corrected chi connectivity index (χ2v) is 7.88. The van der Waals surface area contributed by atoms with Gasteiger partial charge in [0.05, 0.1) is 25.0 Å². The monoisotopic (exact) mass is 338 g/mol. The van der Waals surface area contributed by atoms with Crippen LogP contribution in [0.5, 0.6) is 0 Å². The van der Waals surface area contributed by atoms with Gasteiger partial charge in [-0.2, -0.15) is 0 Å². The fourth-order valence-corrected chi connectivity index (χ4v) is 4.99. The number of rotatable bonds is 5. The first-order valence-corrected chi connectivity index (χ1v) is 9.56. The first kappa shape index (κ1) is 16.4. The summed E-state index contributed by atoms with van der Waals surface area (Å²) >= 11 is 0. The maximum atomic E-state index is 12.7. The number of amides is 1. The number of hydrogen-bond donors (Lipinski definition) is 0. The molecule has 1 aromatic carbocycles. The van der Waals surface area contributed by atoms with Gasteiger partial charge in [-0.25, -0.2) is 12.7 Å². The maximum absolute atomic E-state index is 12.7. The van der Waals surface area contributed by atoms with Gasteiger partial charge >= 0.3 is 0 Å². The third kappa shape index (κ3) is 3.91. The van der Waals surface area contributed by atoms with Gasteiger partial charge in [0.25, 0.3) is 0 Å². The van der Waals surface area contributed by atoms with Crippen LogP contribution in [0, 0.1) is 0 Å². The molecule has 0 radical (unpaired) electrons. The molecule has 1 atom stereocenters. The Balaban J connectivity index is 1.73. The summed E-state index contributed by atoms with van der Waals surface area (Å²) in [5.74, 6) is -0.404. The highest BCUT2D eigenvalue weighted by Crippen LogP contribution is 2.25. The highest BCUT2D eigenvalue weighted by Gasteiger charge is 2.40. The van der Waals surface area contributed by atoms with Gasteiger partial charge < -0.3 is 4.74 Å². The van der Waals surface area contributed by atoms with E-state index in [1.165, 1.54) is 0 Å². The Morgan fingerprint density at radius 3 is 2.52 bits per heavy atom. The first-order chi connectivity index (χ1) is 11.1. The number of sulfonamides is 1. The molecule has 7 heteroatoms. The molecule has 2 saturated heterocycles. The molecule has 6 nitrogen and oxygen atoms in total. The van der Waals surface area contributed by atoms with Crippen LogP contribution in [-0.4, -0.2) is 62.4 Å². The van der Waals surface area contributed by atoms with Crippen molar-refractivity contribution in [3.8, 4) is 0 Å². The SMILES string of the molecule is O=C1CC[C@@H](CN2CCOCC2)N1S(=O)(=O)Cc1ccccc1. The van der Waals surface area contributed by atoms with Crippen LogP contribution in [0.2, 0.25) is 0 Å². The van der Waals surface area contributed by atoms with Crippen LogP contribution < -0.4 is 0 Å². The summed E-state index contributed by atoms with van der Waals surface area (Å²) < 4.78 is 31.9. The topological polar surface area (TPSA) is 66.9 Å². The maximum Gasteiger partial charge on any atom is 0.241 e. The van der Waals surface area contributed by atoms with Crippen molar-refractivity contribution in [2.75, 3.05) is 32.8 Å². The van der Waals surface area contributed by atoms with E-state index in [0.717, 1.165) is 17.4 Å². The molecule has 2 fully saturated rings. The molecule has 3 rings (SSSR count). The molecule has 0 N–H and O–H groups in total. The fraction of sp³-hybridized carbons (Fsp3) is 0.562. The Labute approximate surface area is 137 Å². The molecule has 0 aliphatic carbocycles. The zero-order valence-corrected chi connectivity index (χ0v) is 13.9. The van der Waals surface area contributed by atoms with E-state index in [2.05, 4.69) is 4.90 Å². The molecule has 0 bridgehead atoms. The van der Waals surface area contributed by atoms with E-state index in [9.17, 15) is 13.2 Å². The van der Waals surface area contributed by atoms with Gasteiger partial charge in [0, 0.05) is 26.1 Å². The summed E-state index contributed by atoms with van der Waals surface area (Å²) in [7, 11) is -3.64. The zero-order chi connectivity index (χ0) is 16.3. The molecule has 126 valence electrons. The van der Waals surface area contributed by atoms with Crippen molar-refractivity contribution in [3.63, 3.8) is 0 Å². The number of ether oxygens (including phenoxy) is 1. The number of morpholine rings is 1. The molecular weight excluding hydrogens is 316 g/mol. The fourth-order valence-electron chi connectivity index (χ4n) is 3.21. The zero-order valence-electron chi connectivity index (χ0n) is 13.1. The predicted octanol–water partition coefficient (Wildman–Crippen LogP) is 0.840. The highest BCUT2D eigenvalue weighted by atomic mass is 32.2. The van der Waals surface area contributed by atoms with Crippen LogP contribution in [-0.2, 0) is 25.3 Å². The second-order valence-electron chi connectivity index (χ2n) is 6.04. The lowest BCUT2D eigenvalue weighted by atomic mass is 10.2. The van der Waals surface area contributed by atoms with Crippen molar-refractivity contribution < 1.29 is 17.9 Å². The Morgan fingerprint density at radius 1 is 1.13 bits per heavy atom. The summed E-state index contributed by atoms with van der Waals surface area (Å²) in [6.07, 6.45) is 0.910. The summed E-state index contributed by atoms with van der Waals surface area (Å²) in [4.78, 5) is 14.3.